The molecule has 2 rings (SSSR count). The van der Waals surface area contributed by atoms with Gasteiger partial charge in [-0.05, 0) is 19.1 Å². The number of alkyl halides is 3. The molecule has 0 radical (unpaired) electrons. The van der Waals surface area contributed by atoms with Crippen molar-refractivity contribution in [2.24, 2.45) is 5.73 Å². The van der Waals surface area contributed by atoms with Crippen LogP contribution in [0.4, 0.5) is 5.82 Å². The maximum atomic E-state index is 12.3. The number of anilines is 1. The number of imidazole rings is 1. The zero-order valence-corrected chi connectivity index (χ0v) is 14.7. The molecule has 0 atom stereocenters. The van der Waals surface area contributed by atoms with Crippen LogP contribution in [0.15, 0.2) is 47.8 Å². The molecular formula is C15H12Cl3N5O. The van der Waals surface area contributed by atoms with Gasteiger partial charge in [0.15, 0.2) is 0 Å². The fraction of sp³-hybridized carbons (Fsp3) is 0.133. The minimum atomic E-state index is -2.06. The van der Waals surface area contributed by atoms with Crippen molar-refractivity contribution in [3.63, 3.8) is 0 Å². The van der Waals surface area contributed by atoms with Gasteiger partial charge in [0.2, 0.25) is 3.79 Å². The summed E-state index contributed by atoms with van der Waals surface area (Å²) in [4.78, 5) is 16.5. The fourth-order valence-corrected chi connectivity index (χ4v) is 2.27. The third-order valence-corrected chi connectivity index (χ3v) is 3.72. The quantitative estimate of drug-likeness (QED) is 0.482. The number of benzene rings is 1. The summed E-state index contributed by atoms with van der Waals surface area (Å²) in [5.41, 5.74) is 5.46. The summed E-state index contributed by atoms with van der Waals surface area (Å²) in [6.07, 6.45) is 1.46. The van der Waals surface area contributed by atoms with Crippen LogP contribution in [0.1, 0.15) is 5.82 Å². The van der Waals surface area contributed by atoms with Crippen molar-refractivity contribution < 1.29 is 4.79 Å². The van der Waals surface area contributed by atoms with E-state index >= 15 is 0 Å². The highest BCUT2D eigenvalue weighted by molar-refractivity contribution is 6.69. The molecule has 1 aromatic carbocycles. The third kappa shape index (κ3) is 3.82. The molecule has 6 nitrogen and oxygen atoms in total. The van der Waals surface area contributed by atoms with Crippen molar-refractivity contribution >= 4 is 46.5 Å². The number of nitrogens with two attached hydrogens (primary N) is 1. The van der Waals surface area contributed by atoms with Crippen molar-refractivity contribution in [2.45, 2.75) is 10.7 Å². The molecule has 0 fully saturated rings. The summed E-state index contributed by atoms with van der Waals surface area (Å²) >= 11 is 16.9. The number of aryl methyl sites for hydroxylation is 1. The Morgan fingerprint density at radius 3 is 2.50 bits per heavy atom. The van der Waals surface area contributed by atoms with Gasteiger partial charge in [-0.2, -0.15) is 5.26 Å². The summed E-state index contributed by atoms with van der Waals surface area (Å²) < 4.78 is -0.351. The van der Waals surface area contributed by atoms with Crippen LogP contribution in [0.25, 0.3) is 5.69 Å². The molecule has 0 saturated carbocycles. The second-order valence-corrected chi connectivity index (χ2v) is 7.00. The standard InChI is InChI=1S/C15H12Cl3N5O/c1-9-21-8-12(23(9)10-5-3-2-4-6-10)22-14(24)11(7-19)13(20)15(16,17)18/h2-6,8H,20H2,1H3,(H,22,24). The molecule has 1 amide bonds. The molecule has 0 spiro atoms. The summed E-state index contributed by atoms with van der Waals surface area (Å²) in [6, 6.07) is 10.9. The molecule has 9 heteroatoms. The Hall–Kier alpha value is -2.20. The first-order chi connectivity index (χ1) is 11.3. The van der Waals surface area contributed by atoms with Crippen LogP contribution in [-0.4, -0.2) is 19.3 Å². The van der Waals surface area contributed by atoms with Crippen LogP contribution in [0.5, 0.6) is 0 Å². The van der Waals surface area contributed by atoms with Gasteiger partial charge < -0.3 is 11.1 Å². The summed E-state index contributed by atoms with van der Waals surface area (Å²) in [6.45, 7) is 1.78. The minimum absolute atomic E-state index is 0.355. The number of para-hydroxylation sites is 1. The minimum Gasteiger partial charge on any atom is -0.397 e. The van der Waals surface area contributed by atoms with Crippen molar-refractivity contribution in [2.75, 3.05) is 5.32 Å². The number of hydrogen-bond donors (Lipinski definition) is 2. The molecule has 0 saturated heterocycles. The van der Waals surface area contributed by atoms with Gasteiger partial charge in [-0.15, -0.1) is 0 Å². The van der Waals surface area contributed by atoms with Crippen LogP contribution in [0.3, 0.4) is 0 Å². The Bertz CT molecular complexity index is 831. The van der Waals surface area contributed by atoms with Gasteiger partial charge in [0.1, 0.15) is 23.3 Å². The number of halogens is 3. The number of amides is 1. The zero-order chi connectivity index (χ0) is 17.9. The van der Waals surface area contributed by atoms with Crippen molar-refractivity contribution in [3.05, 3.63) is 53.6 Å². The predicted octanol–water partition coefficient (Wildman–Crippen LogP) is 3.23. The Kier molecular flexibility index (Phi) is 5.40. The lowest BCUT2D eigenvalue weighted by atomic mass is 10.2. The third-order valence-electron chi connectivity index (χ3n) is 3.11. The number of hydrogen-bond acceptors (Lipinski definition) is 4. The SMILES string of the molecule is Cc1ncc(NC(=O)C(C#N)=C(N)C(Cl)(Cl)Cl)n1-c1ccccc1. The number of carbonyl (C=O) groups is 1. The Labute approximate surface area is 153 Å². The van der Waals surface area contributed by atoms with E-state index in [0.29, 0.717) is 11.6 Å². The van der Waals surface area contributed by atoms with E-state index in [9.17, 15) is 4.79 Å². The van der Waals surface area contributed by atoms with E-state index in [1.165, 1.54) is 6.20 Å². The summed E-state index contributed by atoms with van der Waals surface area (Å²) in [5, 5.41) is 11.7. The largest absolute Gasteiger partial charge is 0.397 e. The first kappa shape index (κ1) is 18.1. The Morgan fingerprint density at radius 1 is 1.33 bits per heavy atom. The Balaban J connectivity index is 2.40. The van der Waals surface area contributed by atoms with Gasteiger partial charge in [0.05, 0.1) is 11.9 Å². The lowest BCUT2D eigenvalue weighted by Gasteiger charge is -2.14. The molecule has 24 heavy (non-hydrogen) atoms. The Morgan fingerprint density at radius 2 is 1.96 bits per heavy atom. The first-order valence-electron chi connectivity index (χ1n) is 6.64. The van der Waals surface area contributed by atoms with Gasteiger partial charge in [-0.25, -0.2) is 4.98 Å². The molecule has 1 heterocycles. The molecule has 1 aromatic heterocycles. The smallest absolute Gasteiger partial charge is 0.269 e. The molecule has 0 aliphatic rings. The predicted molar refractivity (Wildman–Crippen MR) is 94.0 cm³/mol. The van der Waals surface area contributed by atoms with E-state index in [-0.39, 0.29) is 0 Å². The van der Waals surface area contributed by atoms with E-state index in [1.807, 2.05) is 30.3 Å². The number of aromatic nitrogens is 2. The highest BCUT2D eigenvalue weighted by atomic mass is 35.6. The number of nitrogens with zero attached hydrogens (tertiary/aromatic N) is 3. The van der Waals surface area contributed by atoms with Crippen molar-refractivity contribution in [1.82, 2.24) is 9.55 Å². The van der Waals surface area contributed by atoms with Crippen LogP contribution in [0, 0.1) is 18.3 Å². The van der Waals surface area contributed by atoms with Gasteiger partial charge in [-0.1, -0.05) is 53.0 Å². The maximum absolute atomic E-state index is 12.3. The van der Waals surface area contributed by atoms with Gasteiger partial charge >= 0.3 is 0 Å². The second kappa shape index (κ2) is 7.14. The van der Waals surface area contributed by atoms with Crippen LogP contribution < -0.4 is 11.1 Å². The van der Waals surface area contributed by atoms with E-state index in [0.717, 1.165) is 5.69 Å². The monoisotopic (exact) mass is 383 g/mol. The van der Waals surface area contributed by atoms with Gasteiger partial charge in [0.25, 0.3) is 5.91 Å². The average molecular weight is 385 g/mol. The van der Waals surface area contributed by atoms with E-state index < -0.39 is 21.0 Å². The van der Waals surface area contributed by atoms with E-state index in [2.05, 4.69) is 10.3 Å². The summed E-state index contributed by atoms with van der Waals surface area (Å²) in [5.74, 6) is 0.209. The topological polar surface area (TPSA) is 96.7 Å². The zero-order valence-electron chi connectivity index (χ0n) is 12.4. The van der Waals surface area contributed by atoms with Crippen molar-refractivity contribution in [3.8, 4) is 11.8 Å². The van der Waals surface area contributed by atoms with Gasteiger partial charge in [0, 0.05) is 5.69 Å². The van der Waals surface area contributed by atoms with Crippen LogP contribution in [0.2, 0.25) is 0 Å². The number of nitrogens with one attached hydrogen (secondary N) is 1. The molecule has 0 bridgehead atoms. The highest BCUT2D eigenvalue weighted by Crippen LogP contribution is 2.33. The van der Waals surface area contributed by atoms with Crippen LogP contribution >= 0.6 is 34.8 Å². The average Bonchev–Trinajstić information content (AvgIpc) is 2.88. The normalized spacial score (nSPS) is 12.3. The fourth-order valence-electron chi connectivity index (χ4n) is 1.99. The maximum Gasteiger partial charge on any atom is 0.269 e. The molecule has 0 aliphatic carbocycles. The lowest BCUT2D eigenvalue weighted by molar-refractivity contribution is -0.112. The number of allylic oxidation sites excluding steroid dienone is 1. The molecule has 2 aromatic rings. The van der Waals surface area contributed by atoms with E-state index in [1.54, 1.807) is 17.6 Å². The van der Waals surface area contributed by atoms with Gasteiger partial charge in [-0.3, -0.25) is 9.36 Å². The molecule has 0 aliphatic heterocycles. The highest BCUT2D eigenvalue weighted by Gasteiger charge is 2.30. The number of nitriles is 1. The number of rotatable bonds is 3. The van der Waals surface area contributed by atoms with Crippen LogP contribution in [-0.2, 0) is 4.79 Å². The second-order valence-electron chi connectivity index (χ2n) is 4.71. The molecule has 124 valence electrons. The molecule has 3 N–H and O–H groups in total. The molecule has 0 unspecified atom stereocenters. The lowest BCUT2D eigenvalue weighted by Crippen LogP contribution is -2.25. The van der Waals surface area contributed by atoms with Crippen molar-refractivity contribution in [1.29, 1.82) is 5.26 Å². The number of carbonyl (C=O) groups excluding carboxylic acids is 1. The van der Waals surface area contributed by atoms with E-state index in [4.69, 9.17) is 45.8 Å². The summed E-state index contributed by atoms with van der Waals surface area (Å²) in [7, 11) is 0. The first-order valence-corrected chi connectivity index (χ1v) is 7.77. The molecular weight excluding hydrogens is 373 g/mol.